The molecule has 1 aromatic rings. The van der Waals surface area contributed by atoms with Crippen molar-refractivity contribution >= 4 is 34.8 Å². The van der Waals surface area contributed by atoms with Crippen LogP contribution in [-0.4, -0.2) is 25.2 Å². The quantitative estimate of drug-likeness (QED) is 0.897. The summed E-state index contributed by atoms with van der Waals surface area (Å²) in [5.74, 6) is -0.613. The topological polar surface area (TPSA) is 41.1 Å². The fourth-order valence-electron chi connectivity index (χ4n) is 1.15. The number of halogens is 5. The maximum Gasteiger partial charge on any atom is 0.401 e. The Bertz CT molecular complexity index is 417. The minimum absolute atomic E-state index is 0.320. The van der Waals surface area contributed by atoms with Crippen molar-refractivity contribution in [2.75, 3.05) is 18.4 Å². The first-order valence-electron chi connectivity index (χ1n) is 4.80. The zero-order valence-electron chi connectivity index (χ0n) is 8.94. The summed E-state index contributed by atoms with van der Waals surface area (Å²) in [4.78, 5) is 11.3. The summed E-state index contributed by atoms with van der Waals surface area (Å²) in [5.41, 5.74) is 0.325. The number of benzene rings is 1. The lowest BCUT2D eigenvalue weighted by molar-refractivity contribution is -0.126. The second-order valence-electron chi connectivity index (χ2n) is 3.43. The van der Waals surface area contributed by atoms with E-state index >= 15 is 0 Å². The van der Waals surface area contributed by atoms with E-state index < -0.39 is 25.2 Å². The van der Waals surface area contributed by atoms with Gasteiger partial charge in [0.25, 0.3) is 0 Å². The van der Waals surface area contributed by atoms with Gasteiger partial charge < -0.3 is 10.6 Å². The molecule has 0 aliphatic heterocycles. The monoisotopic (exact) mass is 300 g/mol. The molecule has 0 spiro atoms. The van der Waals surface area contributed by atoms with Crippen LogP contribution in [0.15, 0.2) is 18.2 Å². The Hall–Kier alpha value is -0.980. The maximum atomic E-state index is 11.8. The Morgan fingerprint density at radius 2 is 1.72 bits per heavy atom. The van der Waals surface area contributed by atoms with E-state index in [1.165, 1.54) is 18.2 Å². The van der Waals surface area contributed by atoms with Crippen LogP contribution >= 0.6 is 23.2 Å². The van der Waals surface area contributed by atoms with Gasteiger partial charge in [0.1, 0.15) is 0 Å². The number of carbonyl (C=O) groups excluding carboxylic acids is 1. The predicted octanol–water partition coefficient (Wildman–Crippen LogP) is 3.08. The van der Waals surface area contributed by atoms with Crippen molar-refractivity contribution in [1.29, 1.82) is 0 Å². The molecule has 0 atom stereocenters. The molecule has 0 radical (unpaired) electrons. The van der Waals surface area contributed by atoms with E-state index in [9.17, 15) is 18.0 Å². The first kappa shape index (κ1) is 15.1. The Labute approximate surface area is 111 Å². The standard InChI is InChI=1S/C10H9Cl2F3N2O/c11-6-1-7(12)3-8(2-6)17-9(18)4-16-5-10(13,14)15/h1-3,16H,4-5H2,(H,17,18). The van der Waals surface area contributed by atoms with E-state index in [2.05, 4.69) is 5.32 Å². The van der Waals surface area contributed by atoms with Crippen molar-refractivity contribution < 1.29 is 18.0 Å². The van der Waals surface area contributed by atoms with E-state index in [0.29, 0.717) is 15.7 Å². The first-order chi connectivity index (χ1) is 8.26. The molecule has 0 bridgehead atoms. The second kappa shape index (κ2) is 6.26. The number of nitrogens with one attached hydrogen (secondary N) is 2. The highest BCUT2D eigenvalue weighted by atomic mass is 35.5. The third-order valence-electron chi connectivity index (χ3n) is 1.76. The average molecular weight is 301 g/mol. The SMILES string of the molecule is O=C(CNCC(F)(F)F)Nc1cc(Cl)cc(Cl)c1. The Balaban J connectivity index is 2.45. The highest BCUT2D eigenvalue weighted by molar-refractivity contribution is 6.35. The summed E-state index contributed by atoms with van der Waals surface area (Å²) in [6.45, 7) is -1.68. The molecule has 18 heavy (non-hydrogen) atoms. The van der Waals surface area contributed by atoms with Crippen molar-refractivity contribution in [3.8, 4) is 0 Å². The Morgan fingerprint density at radius 1 is 1.17 bits per heavy atom. The van der Waals surface area contributed by atoms with E-state index in [4.69, 9.17) is 23.2 Å². The number of amides is 1. The summed E-state index contributed by atoms with van der Waals surface area (Å²) < 4.78 is 35.4. The van der Waals surface area contributed by atoms with Gasteiger partial charge in [-0.2, -0.15) is 13.2 Å². The normalized spacial score (nSPS) is 11.4. The zero-order valence-corrected chi connectivity index (χ0v) is 10.5. The predicted molar refractivity (Wildman–Crippen MR) is 64.0 cm³/mol. The molecule has 0 saturated heterocycles. The van der Waals surface area contributed by atoms with Gasteiger partial charge in [0.05, 0.1) is 13.1 Å². The van der Waals surface area contributed by atoms with E-state index in [0.717, 1.165) is 0 Å². The van der Waals surface area contributed by atoms with Gasteiger partial charge in [-0.15, -0.1) is 0 Å². The van der Waals surface area contributed by atoms with Crippen molar-refractivity contribution in [1.82, 2.24) is 5.32 Å². The highest BCUT2D eigenvalue weighted by Crippen LogP contribution is 2.22. The van der Waals surface area contributed by atoms with E-state index in [1.54, 1.807) is 0 Å². The molecular weight excluding hydrogens is 292 g/mol. The average Bonchev–Trinajstić information content (AvgIpc) is 2.12. The number of rotatable bonds is 4. The lowest BCUT2D eigenvalue weighted by Gasteiger charge is -2.09. The van der Waals surface area contributed by atoms with Gasteiger partial charge >= 0.3 is 6.18 Å². The molecule has 1 rings (SSSR count). The van der Waals surface area contributed by atoms with Crippen LogP contribution in [0.25, 0.3) is 0 Å². The molecule has 100 valence electrons. The molecule has 8 heteroatoms. The summed E-state index contributed by atoms with van der Waals surface area (Å²) in [6.07, 6.45) is -4.35. The van der Waals surface area contributed by atoms with Gasteiger partial charge in [-0.3, -0.25) is 4.79 Å². The fourth-order valence-corrected chi connectivity index (χ4v) is 1.67. The molecule has 0 unspecified atom stereocenters. The summed E-state index contributed by atoms with van der Waals surface area (Å²) >= 11 is 11.4. The van der Waals surface area contributed by atoms with Gasteiger partial charge in [0, 0.05) is 15.7 Å². The maximum absolute atomic E-state index is 11.8. The number of anilines is 1. The highest BCUT2D eigenvalue weighted by Gasteiger charge is 2.26. The molecule has 0 saturated carbocycles. The molecule has 1 aromatic carbocycles. The van der Waals surface area contributed by atoms with Crippen LogP contribution in [0.2, 0.25) is 10.0 Å². The van der Waals surface area contributed by atoms with E-state index in [-0.39, 0.29) is 0 Å². The number of alkyl halides is 3. The van der Waals surface area contributed by atoms with Gasteiger partial charge in [-0.25, -0.2) is 0 Å². The molecule has 0 aliphatic rings. The number of carbonyl (C=O) groups is 1. The molecule has 0 aliphatic carbocycles. The summed E-state index contributed by atoms with van der Waals surface area (Å²) in [6, 6.07) is 4.35. The second-order valence-corrected chi connectivity index (χ2v) is 4.30. The van der Waals surface area contributed by atoms with Crippen molar-refractivity contribution in [3.05, 3.63) is 28.2 Å². The summed E-state index contributed by atoms with van der Waals surface area (Å²) in [5, 5.41) is 4.98. The fraction of sp³-hybridized carbons (Fsp3) is 0.300. The van der Waals surface area contributed by atoms with Crippen molar-refractivity contribution in [2.24, 2.45) is 0 Å². The van der Waals surface area contributed by atoms with Crippen molar-refractivity contribution in [3.63, 3.8) is 0 Å². The minimum atomic E-state index is -4.35. The third-order valence-corrected chi connectivity index (χ3v) is 2.19. The molecule has 1 amide bonds. The van der Waals surface area contributed by atoms with Crippen molar-refractivity contribution in [2.45, 2.75) is 6.18 Å². The van der Waals surface area contributed by atoms with Gasteiger partial charge in [0.2, 0.25) is 5.91 Å². The molecule has 0 heterocycles. The molecule has 0 aromatic heterocycles. The van der Waals surface area contributed by atoms with Crippen LogP contribution < -0.4 is 10.6 Å². The number of hydrogen-bond acceptors (Lipinski definition) is 2. The Kier molecular flexibility index (Phi) is 5.25. The van der Waals surface area contributed by atoms with Crippen LogP contribution in [0, 0.1) is 0 Å². The third kappa shape index (κ3) is 6.09. The van der Waals surface area contributed by atoms with Crippen LogP contribution in [0.1, 0.15) is 0 Å². The zero-order chi connectivity index (χ0) is 13.8. The van der Waals surface area contributed by atoms with Crippen LogP contribution in [-0.2, 0) is 4.79 Å². The van der Waals surface area contributed by atoms with Crippen LogP contribution in [0.5, 0.6) is 0 Å². The van der Waals surface area contributed by atoms with Gasteiger partial charge in [0.15, 0.2) is 0 Å². The Morgan fingerprint density at radius 3 is 2.22 bits per heavy atom. The van der Waals surface area contributed by atoms with Crippen LogP contribution in [0.4, 0.5) is 18.9 Å². The van der Waals surface area contributed by atoms with E-state index in [1.807, 2.05) is 5.32 Å². The largest absolute Gasteiger partial charge is 0.401 e. The molecule has 2 N–H and O–H groups in total. The van der Waals surface area contributed by atoms with Crippen LogP contribution in [0.3, 0.4) is 0 Å². The minimum Gasteiger partial charge on any atom is -0.325 e. The molecule has 0 fully saturated rings. The number of hydrogen-bond donors (Lipinski definition) is 2. The molecular formula is C10H9Cl2F3N2O. The van der Waals surface area contributed by atoms with Gasteiger partial charge in [-0.1, -0.05) is 23.2 Å². The molecule has 3 nitrogen and oxygen atoms in total. The lowest BCUT2D eigenvalue weighted by atomic mass is 10.3. The first-order valence-corrected chi connectivity index (χ1v) is 5.55. The smallest absolute Gasteiger partial charge is 0.325 e. The lowest BCUT2D eigenvalue weighted by Crippen LogP contribution is -2.35. The van der Waals surface area contributed by atoms with Gasteiger partial charge in [-0.05, 0) is 18.2 Å². The summed E-state index contributed by atoms with van der Waals surface area (Å²) in [7, 11) is 0.